The summed E-state index contributed by atoms with van der Waals surface area (Å²) >= 11 is 0. The summed E-state index contributed by atoms with van der Waals surface area (Å²) in [4.78, 5) is 8.98. The van der Waals surface area contributed by atoms with Crippen LogP contribution in [0.4, 0.5) is 5.82 Å². The monoisotopic (exact) mass is 275 g/mol. The summed E-state index contributed by atoms with van der Waals surface area (Å²) in [5.74, 6) is 1.07. The number of hydrogen-bond donors (Lipinski definition) is 1. The van der Waals surface area contributed by atoms with Crippen molar-refractivity contribution in [3.63, 3.8) is 0 Å². The molecule has 1 aromatic heterocycles. The molecule has 0 radical (unpaired) electrons. The third-order valence-electron chi connectivity index (χ3n) is 4.76. The fraction of sp³-hybridized carbons (Fsp3) is 0.750. The Morgan fingerprint density at radius 2 is 1.95 bits per heavy atom. The van der Waals surface area contributed by atoms with Gasteiger partial charge < -0.3 is 10.1 Å². The van der Waals surface area contributed by atoms with Gasteiger partial charge in [0.15, 0.2) is 0 Å². The number of nitrogens with one attached hydrogen (secondary N) is 1. The van der Waals surface area contributed by atoms with E-state index in [4.69, 9.17) is 4.74 Å². The Hall–Kier alpha value is -1.16. The molecule has 0 bridgehead atoms. The predicted molar refractivity (Wildman–Crippen MR) is 79.9 cm³/mol. The SMILES string of the molecule is CC1(CNc2ncnc3c2CCCCC3)CCOCC1. The molecule has 0 unspecified atom stereocenters. The van der Waals surface area contributed by atoms with Gasteiger partial charge in [0.05, 0.1) is 0 Å². The lowest BCUT2D eigenvalue weighted by molar-refractivity contribution is 0.0299. The van der Waals surface area contributed by atoms with Crippen LogP contribution in [-0.2, 0) is 17.6 Å². The molecule has 1 aliphatic heterocycles. The van der Waals surface area contributed by atoms with Gasteiger partial charge in [0.25, 0.3) is 0 Å². The van der Waals surface area contributed by atoms with Crippen molar-refractivity contribution >= 4 is 5.82 Å². The molecule has 0 spiro atoms. The van der Waals surface area contributed by atoms with Crippen LogP contribution in [0, 0.1) is 5.41 Å². The van der Waals surface area contributed by atoms with Crippen molar-refractivity contribution in [2.45, 2.75) is 51.9 Å². The van der Waals surface area contributed by atoms with E-state index in [2.05, 4.69) is 22.2 Å². The van der Waals surface area contributed by atoms with E-state index in [1.807, 2.05) is 0 Å². The van der Waals surface area contributed by atoms with E-state index in [0.717, 1.165) is 51.3 Å². The minimum Gasteiger partial charge on any atom is -0.381 e. The maximum atomic E-state index is 5.47. The van der Waals surface area contributed by atoms with Crippen LogP contribution in [0.2, 0.25) is 0 Å². The Kier molecular flexibility index (Phi) is 4.20. The van der Waals surface area contributed by atoms with Gasteiger partial charge in [0.2, 0.25) is 0 Å². The number of fused-ring (bicyclic) bond motifs is 1. The number of aromatic nitrogens is 2. The second-order valence-corrected chi connectivity index (χ2v) is 6.48. The number of hydrogen-bond acceptors (Lipinski definition) is 4. The molecule has 3 rings (SSSR count). The minimum atomic E-state index is 0.334. The van der Waals surface area contributed by atoms with Crippen LogP contribution in [0.5, 0.6) is 0 Å². The zero-order valence-electron chi connectivity index (χ0n) is 12.5. The highest BCUT2D eigenvalue weighted by Gasteiger charge is 2.27. The van der Waals surface area contributed by atoms with Gasteiger partial charge in [0.1, 0.15) is 12.1 Å². The van der Waals surface area contributed by atoms with Crippen LogP contribution < -0.4 is 5.32 Å². The number of nitrogens with zero attached hydrogens (tertiary/aromatic N) is 2. The molecule has 2 aliphatic rings. The van der Waals surface area contributed by atoms with Gasteiger partial charge in [0, 0.05) is 31.0 Å². The third-order valence-corrected chi connectivity index (χ3v) is 4.76. The van der Waals surface area contributed by atoms with Gasteiger partial charge >= 0.3 is 0 Å². The van der Waals surface area contributed by atoms with Crippen LogP contribution in [0.15, 0.2) is 6.33 Å². The highest BCUT2D eigenvalue weighted by molar-refractivity contribution is 5.46. The predicted octanol–water partition coefficient (Wildman–Crippen LogP) is 2.97. The van der Waals surface area contributed by atoms with E-state index in [1.54, 1.807) is 6.33 Å². The first-order valence-electron chi connectivity index (χ1n) is 7.91. The van der Waals surface area contributed by atoms with Crippen LogP contribution in [0.1, 0.15) is 50.3 Å². The Morgan fingerprint density at radius 3 is 2.80 bits per heavy atom. The molecule has 1 aromatic rings. The molecule has 1 N–H and O–H groups in total. The van der Waals surface area contributed by atoms with Crippen LogP contribution in [0.3, 0.4) is 0 Å². The van der Waals surface area contributed by atoms with Crippen LogP contribution in [-0.4, -0.2) is 29.7 Å². The van der Waals surface area contributed by atoms with Crippen molar-refractivity contribution < 1.29 is 4.74 Å². The maximum Gasteiger partial charge on any atom is 0.132 e. The first-order chi connectivity index (χ1) is 9.77. The van der Waals surface area contributed by atoms with Gasteiger partial charge in [-0.3, -0.25) is 0 Å². The Labute approximate surface area is 121 Å². The largest absolute Gasteiger partial charge is 0.381 e. The number of ether oxygens (including phenoxy) is 1. The molecule has 20 heavy (non-hydrogen) atoms. The molecule has 1 saturated heterocycles. The number of aryl methyl sites for hydroxylation is 1. The maximum absolute atomic E-state index is 5.47. The lowest BCUT2D eigenvalue weighted by Gasteiger charge is -2.34. The van der Waals surface area contributed by atoms with Crippen LogP contribution in [0.25, 0.3) is 0 Å². The van der Waals surface area contributed by atoms with Gasteiger partial charge in [-0.1, -0.05) is 13.3 Å². The fourth-order valence-corrected chi connectivity index (χ4v) is 3.19. The van der Waals surface area contributed by atoms with E-state index >= 15 is 0 Å². The fourth-order valence-electron chi connectivity index (χ4n) is 3.19. The normalized spacial score (nSPS) is 21.9. The van der Waals surface area contributed by atoms with E-state index in [1.165, 1.54) is 30.5 Å². The highest BCUT2D eigenvalue weighted by Crippen LogP contribution is 2.31. The number of anilines is 1. The molecule has 1 aliphatic carbocycles. The molecule has 110 valence electrons. The molecule has 1 fully saturated rings. The van der Waals surface area contributed by atoms with Gasteiger partial charge in [-0.25, -0.2) is 9.97 Å². The average Bonchev–Trinajstić information content (AvgIpc) is 2.71. The zero-order valence-corrected chi connectivity index (χ0v) is 12.5. The van der Waals surface area contributed by atoms with Gasteiger partial charge in [-0.2, -0.15) is 0 Å². The Balaban J connectivity index is 1.71. The van der Waals surface area contributed by atoms with Gasteiger partial charge in [-0.05, 0) is 43.9 Å². The van der Waals surface area contributed by atoms with E-state index in [9.17, 15) is 0 Å². The van der Waals surface area contributed by atoms with E-state index in [-0.39, 0.29) is 0 Å². The summed E-state index contributed by atoms with van der Waals surface area (Å²) in [6.07, 6.45) is 10.1. The molecule has 2 heterocycles. The standard InChI is InChI=1S/C16H25N3O/c1-16(7-9-20-10-8-16)11-17-15-13-5-3-2-4-6-14(13)18-12-19-15/h12H,2-11H2,1H3,(H,17,18,19). The van der Waals surface area contributed by atoms with Crippen molar-refractivity contribution in [2.24, 2.45) is 5.41 Å². The van der Waals surface area contributed by atoms with Crippen molar-refractivity contribution in [2.75, 3.05) is 25.1 Å². The molecular formula is C16H25N3O. The summed E-state index contributed by atoms with van der Waals surface area (Å²) in [7, 11) is 0. The molecule has 0 aromatic carbocycles. The Bertz CT molecular complexity index is 455. The van der Waals surface area contributed by atoms with Gasteiger partial charge in [-0.15, -0.1) is 0 Å². The second kappa shape index (κ2) is 6.08. The topological polar surface area (TPSA) is 47.0 Å². The molecule has 4 heteroatoms. The molecule has 4 nitrogen and oxygen atoms in total. The minimum absolute atomic E-state index is 0.334. The summed E-state index contributed by atoms with van der Waals surface area (Å²) < 4.78 is 5.47. The van der Waals surface area contributed by atoms with E-state index < -0.39 is 0 Å². The van der Waals surface area contributed by atoms with Crippen molar-refractivity contribution in [3.05, 3.63) is 17.6 Å². The highest BCUT2D eigenvalue weighted by atomic mass is 16.5. The van der Waals surface area contributed by atoms with Crippen molar-refractivity contribution in [3.8, 4) is 0 Å². The summed E-state index contributed by atoms with van der Waals surface area (Å²) in [6.45, 7) is 5.11. The second-order valence-electron chi connectivity index (χ2n) is 6.48. The lowest BCUT2D eigenvalue weighted by atomic mass is 9.82. The molecule has 0 atom stereocenters. The molecular weight excluding hydrogens is 250 g/mol. The Morgan fingerprint density at radius 1 is 1.15 bits per heavy atom. The summed E-state index contributed by atoms with van der Waals surface area (Å²) in [5.41, 5.74) is 2.96. The summed E-state index contributed by atoms with van der Waals surface area (Å²) in [5, 5.41) is 3.60. The van der Waals surface area contributed by atoms with E-state index in [0.29, 0.717) is 5.41 Å². The lowest BCUT2D eigenvalue weighted by Crippen LogP contribution is -2.33. The first kappa shape index (κ1) is 13.8. The third kappa shape index (κ3) is 3.11. The quantitative estimate of drug-likeness (QED) is 0.862. The van der Waals surface area contributed by atoms with Crippen molar-refractivity contribution in [1.29, 1.82) is 0 Å². The zero-order chi connectivity index (χ0) is 13.8. The number of rotatable bonds is 3. The summed E-state index contributed by atoms with van der Waals surface area (Å²) in [6, 6.07) is 0. The van der Waals surface area contributed by atoms with Crippen LogP contribution >= 0.6 is 0 Å². The van der Waals surface area contributed by atoms with Crippen molar-refractivity contribution in [1.82, 2.24) is 9.97 Å². The molecule has 0 amide bonds. The first-order valence-corrected chi connectivity index (χ1v) is 7.91. The molecule has 0 saturated carbocycles. The average molecular weight is 275 g/mol. The smallest absolute Gasteiger partial charge is 0.132 e.